The van der Waals surface area contributed by atoms with Crippen LogP contribution in [0.1, 0.15) is 56.7 Å². The van der Waals surface area contributed by atoms with Crippen molar-refractivity contribution < 1.29 is 19.4 Å². The van der Waals surface area contributed by atoms with E-state index >= 15 is 0 Å². The molecular formula is C21H29NO4. The molecule has 2 bridgehead atoms. The van der Waals surface area contributed by atoms with Crippen LogP contribution in [0, 0.1) is 24.7 Å². The molecule has 4 rings (SSSR count). The van der Waals surface area contributed by atoms with Gasteiger partial charge in [-0.3, -0.25) is 0 Å². The fourth-order valence-corrected chi connectivity index (χ4v) is 5.09. The van der Waals surface area contributed by atoms with Gasteiger partial charge in [0.25, 0.3) is 0 Å². The van der Waals surface area contributed by atoms with Gasteiger partial charge in [0.15, 0.2) is 0 Å². The van der Waals surface area contributed by atoms with Gasteiger partial charge in [0.2, 0.25) is 0 Å². The van der Waals surface area contributed by atoms with Gasteiger partial charge in [-0.2, -0.15) is 0 Å². The topological polar surface area (TPSA) is 75.6 Å². The highest BCUT2D eigenvalue weighted by molar-refractivity contribution is 5.81. The Balaban J connectivity index is 1.63. The summed E-state index contributed by atoms with van der Waals surface area (Å²) in [7, 11) is 0. The molecule has 1 unspecified atom stereocenters. The van der Waals surface area contributed by atoms with Gasteiger partial charge < -0.3 is 15.2 Å². The monoisotopic (exact) mass is 359 g/mol. The highest BCUT2D eigenvalue weighted by Crippen LogP contribution is 2.75. The molecule has 0 saturated heterocycles. The zero-order valence-electron chi connectivity index (χ0n) is 16.3. The molecule has 5 nitrogen and oxygen atoms in total. The number of rotatable bonds is 5. The summed E-state index contributed by atoms with van der Waals surface area (Å²) in [4.78, 5) is 23.8. The van der Waals surface area contributed by atoms with Crippen LogP contribution in [0.2, 0.25) is 0 Å². The highest BCUT2D eigenvalue weighted by Gasteiger charge is 2.71. The number of nitrogens with one attached hydrogen (secondary N) is 1. The summed E-state index contributed by atoms with van der Waals surface area (Å²) in [6.07, 6.45) is 2.87. The quantitative estimate of drug-likeness (QED) is 0.833. The molecule has 1 atom stereocenters. The zero-order valence-corrected chi connectivity index (χ0v) is 16.3. The molecule has 3 aliphatic carbocycles. The second-order valence-corrected chi connectivity index (χ2v) is 9.48. The smallest absolute Gasteiger partial charge is 0.408 e. The van der Waals surface area contributed by atoms with Crippen molar-refractivity contribution in [2.45, 2.75) is 71.9 Å². The van der Waals surface area contributed by atoms with Crippen LogP contribution in [0.4, 0.5) is 4.79 Å². The summed E-state index contributed by atoms with van der Waals surface area (Å²) in [5, 5.41) is 12.2. The van der Waals surface area contributed by atoms with Crippen LogP contribution in [0.5, 0.6) is 0 Å². The van der Waals surface area contributed by atoms with Gasteiger partial charge in [-0.1, -0.05) is 29.3 Å². The Morgan fingerprint density at radius 1 is 1.15 bits per heavy atom. The SMILES string of the molecule is Cc1cc(C)cc(CC23CC(C(NC(=O)OC(C)(C)C)C(=O)O)(C2)C3)c1. The van der Waals surface area contributed by atoms with E-state index < -0.39 is 23.7 Å². The first-order chi connectivity index (χ1) is 11.9. The Labute approximate surface area is 155 Å². The number of hydrogen-bond donors (Lipinski definition) is 2. The van der Waals surface area contributed by atoms with Crippen molar-refractivity contribution in [3.8, 4) is 0 Å². The van der Waals surface area contributed by atoms with Gasteiger partial charge in [0.1, 0.15) is 11.6 Å². The molecule has 2 N–H and O–H groups in total. The molecule has 1 amide bonds. The second kappa shape index (κ2) is 6.00. The molecular weight excluding hydrogens is 330 g/mol. The molecule has 26 heavy (non-hydrogen) atoms. The van der Waals surface area contributed by atoms with E-state index in [1.54, 1.807) is 20.8 Å². The van der Waals surface area contributed by atoms with Gasteiger partial charge in [0, 0.05) is 5.41 Å². The van der Waals surface area contributed by atoms with Crippen LogP contribution in [0.3, 0.4) is 0 Å². The number of hydrogen-bond acceptors (Lipinski definition) is 3. The number of aliphatic carboxylic acids is 1. The van der Waals surface area contributed by atoms with Crippen LogP contribution in [-0.4, -0.2) is 28.8 Å². The lowest BCUT2D eigenvalue weighted by Gasteiger charge is -2.72. The number of carboxylic acid groups (broad SMARTS) is 1. The van der Waals surface area contributed by atoms with Crippen molar-refractivity contribution in [2.75, 3.05) is 0 Å². The number of ether oxygens (including phenoxy) is 1. The molecule has 3 aliphatic rings. The normalized spacial score (nSPS) is 27.7. The van der Waals surface area contributed by atoms with E-state index in [1.165, 1.54) is 16.7 Å². The number of carbonyl (C=O) groups excluding carboxylic acids is 1. The minimum atomic E-state index is -0.976. The molecule has 3 fully saturated rings. The van der Waals surface area contributed by atoms with Crippen molar-refractivity contribution in [3.05, 3.63) is 34.9 Å². The summed E-state index contributed by atoms with van der Waals surface area (Å²) in [5.41, 5.74) is 3.08. The van der Waals surface area contributed by atoms with E-state index in [1.807, 2.05) is 0 Å². The molecule has 0 aliphatic heterocycles. The van der Waals surface area contributed by atoms with Crippen molar-refractivity contribution in [1.29, 1.82) is 0 Å². The Morgan fingerprint density at radius 3 is 2.15 bits per heavy atom. The third-order valence-corrected chi connectivity index (χ3v) is 5.56. The van der Waals surface area contributed by atoms with Crippen molar-refractivity contribution >= 4 is 12.1 Å². The standard InChI is InChI=1S/C21H29NO4/c1-13-6-14(2)8-15(7-13)9-20-10-21(11-20,12-20)16(17(23)24)22-18(25)26-19(3,4)5/h6-8,16H,9-12H2,1-5H3,(H,22,25)(H,23,24). The Hall–Kier alpha value is -2.04. The van der Waals surface area contributed by atoms with E-state index in [9.17, 15) is 14.7 Å². The molecule has 0 heterocycles. The Kier molecular flexibility index (Phi) is 4.32. The predicted molar refractivity (Wildman–Crippen MR) is 99.1 cm³/mol. The van der Waals surface area contributed by atoms with Crippen LogP contribution >= 0.6 is 0 Å². The van der Waals surface area contributed by atoms with E-state index in [0.717, 1.165) is 25.7 Å². The fourth-order valence-electron chi connectivity index (χ4n) is 5.09. The largest absolute Gasteiger partial charge is 0.480 e. The summed E-state index contributed by atoms with van der Waals surface area (Å²) >= 11 is 0. The summed E-state index contributed by atoms with van der Waals surface area (Å²) in [6, 6.07) is 5.72. The lowest BCUT2D eigenvalue weighted by Crippen LogP contribution is -2.72. The van der Waals surface area contributed by atoms with E-state index in [4.69, 9.17) is 4.74 Å². The number of carbonyl (C=O) groups is 2. The van der Waals surface area contributed by atoms with Gasteiger partial charge in [-0.25, -0.2) is 9.59 Å². The first-order valence-corrected chi connectivity index (χ1v) is 9.22. The average Bonchev–Trinajstić information content (AvgIpc) is 2.35. The number of amides is 1. The van der Waals surface area contributed by atoms with Gasteiger partial charge in [0.05, 0.1) is 0 Å². The lowest BCUT2D eigenvalue weighted by molar-refractivity contribution is -0.224. The zero-order chi connectivity index (χ0) is 19.3. The lowest BCUT2D eigenvalue weighted by atomic mass is 9.32. The maximum Gasteiger partial charge on any atom is 0.408 e. The van der Waals surface area contributed by atoms with E-state index in [2.05, 4.69) is 37.4 Å². The van der Waals surface area contributed by atoms with Gasteiger partial charge >= 0.3 is 12.1 Å². The maximum absolute atomic E-state index is 12.0. The minimum Gasteiger partial charge on any atom is -0.480 e. The van der Waals surface area contributed by atoms with E-state index in [0.29, 0.717) is 0 Å². The molecule has 3 saturated carbocycles. The number of carboxylic acids is 1. The number of aryl methyl sites for hydroxylation is 2. The third kappa shape index (κ3) is 3.57. The molecule has 0 radical (unpaired) electrons. The molecule has 5 heteroatoms. The molecule has 0 aromatic heterocycles. The number of benzene rings is 1. The van der Waals surface area contributed by atoms with Crippen molar-refractivity contribution in [1.82, 2.24) is 5.32 Å². The predicted octanol–water partition coefficient (Wildman–Crippen LogP) is 3.99. The number of alkyl carbamates (subject to hydrolysis) is 1. The first kappa shape index (κ1) is 18.7. The van der Waals surface area contributed by atoms with Crippen LogP contribution in [0.25, 0.3) is 0 Å². The van der Waals surface area contributed by atoms with Crippen molar-refractivity contribution in [3.63, 3.8) is 0 Å². The Bertz CT molecular complexity index is 707. The highest BCUT2D eigenvalue weighted by atomic mass is 16.6. The van der Waals surface area contributed by atoms with Crippen molar-refractivity contribution in [2.24, 2.45) is 10.8 Å². The summed E-state index contributed by atoms with van der Waals surface area (Å²) in [6.45, 7) is 9.50. The second-order valence-electron chi connectivity index (χ2n) is 9.48. The first-order valence-electron chi connectivity index (χ1n) is 9.22. The van der Waals surface area contributed by atoms with E-state index in [-0.39, 0.29) is 10.8 Å². The fraction of sp³-hybridized carbons (Fsp3) is 0.619. The van der Waals surface area contributed by atoms with Gasteiger partial charge in [-0.05, 0) is 71.3 Å². The maximum atomic E-state index is 12.0. The average molecular weight is 359 g/mol. The van der Waals surface area contributed by atoms with Crippen LogP contribution in [0.15, 0.2) is 18.2 Å². The van der Waals surface area contributed by atoms with Gasteiger partial charge in [-0.15, -0.1) is 0 Å². The third-order valence-electron chi connectivity index (χ3n) is 5.56. The van der Waals surface area contributed by atoms with Crippen LogP contribution in [-0.2, 0) is 16.0 Å². The molecule has 0 spiro atoms. The molecule has 142 valence electrons. The van der Waals surface area contributed by atoms with Crippen LogP contribution < -0.4 is 5.32 Å². The summed E-state index contributed by atoms with van der Waals surface area (Å²) < 4.78 is 5.23. The molecule has 1 aromatic carbocycles. The molecule has 1 aromatic rings. The minimum absolute atomic E-state index is 0.198. The summed E-state index contributed by atoms with van der Waals surface area (Å²) in [5.74, 6) is -0.976. The Morgan fingerprint density at radius 2 is 1.69 bits per heavy atom.